The molecule has 0 saturated carbocycles. The van der Waals surface area contributed by atoms with E-state index >= 15 is 0 Å². The topological polar surface area (TPSA) is 179 Å². The molecule has 0 unspecified atom stereocenters. The fourth-order valence-corrected chi connectivity index (χ4v) is 0. The Labute approximate surface area is 75.3 Å². The summed E-state index contributed by atoms with van der Waals surface area (Å²) in [7, 11) is -9.39. The van der Waals surface area contributed by atoms with Gasteiger partial charge in [-0.3, -0.25) is 0 Å². The molecule has 8 nitrogen and oxygen atoms in total. The maximum Gasteiger partial charge on any atom is 0.0777 e. The first-order valence-corrected chi connectivity index (χ1v) is 3.79. The van der Waals surface area contributed by atoms with Crippen LogP contribution in [0.15, 0.2) is 0 Å². The number of hydrogen-bond donors (Lipinski definition) is 2. The first kappa shape index (κ1) is 17.8. The summed E-state index contributed by atoms with van der Waals surface area (Å²) in [6.45, 7) is 0. The molecule has 0 aliphatic heterocycles. The van der Waals surface area contributed by atoms with E-state index in [1.54, 1.807) is 0 Å². The van der Waals surface area contributed by atoms with Crippen molar-refractivity contribution in [2.45, 2.75) is 0 Å². The van der Waals surface area contributed by atoms with Gasteiger partial charge >= 0.3 is 0 Å². The molecule has 1 radical (unpaired) electrons. The Balaban J connectivity index is -0.000000107. The van der Waals surface area contributed by atoms with Crippen LogP contribution in [0.5, 0.6) is 0 Å². The molecular formula is H2Cl2CuO8. The molecule has 0 atom stereocenters. The smallest absolute Gasteiger partial charge is 0.0777 e. The van der Waals surface area contributed by atoms with Crippen LogP contribution in [0.3, 0.4) is 0 Å². The first-order chi connectivity index (χ1) is 4.00. The van der Waals surface area contributed by atoms with Gasteiger partial charge in [-0.15, -0.1) is 0 Å². The summed E-state index contributed by atoms with van der Waals surface area (Å²) >= 11 is 0. The maximum atomic E-state index is 8.60. The summed E-state index contributed by atoms with van der Waals surface area (Å²) in [5, 5.41) is 0. The van der Waals surface area contributed by atoms with Crippen LogP contribution in [0, 0.1) is 20.5 Å². The third-order valence-corrected chi connectivity index (χ3v) is 0. The molecule has 0 aromatic rings. The molecule has 0 saturated heterocycles. The van der Waals surface area contributed by atoms with Crippen molar-refractivity contribution in [2.24, 2.45) is 0 Å². The van der Waals surface area contributed by atoms with Gasteiger partial charge in [-0.25, -0.2) is 0 Å². The van der Waals surface area contributed by atoms with Gasteiger partial charge in [0.1, 0.15) is 0 Å². The van der Waals surface area contributed by atoms with Crippen molar-refractivity contribution < 1.29 is 74.8 Å². The third-order valence-electron chi connectivity index (χ3n) is 0. The van der Waals surface area contributed by atoms with Crippen molar-refractivity contribution in [3.8, 4) is 0 Å². The SMILES string of the molecule is [Cu].[O-][Cl+3]([O-])([O-])O.[O-][Cl+3]([O-])([O-])O. The summed E-state index contributed by atoms with van der Waals surface area (Å²) in [6.07, 6.45) is 0. The summed E-state index contributed by atoms with van der Waals surface area (Å²) in [5.41, 5.74) is 0. The van der Waals surface area contributed by atoms with E-state index in [1.165, 1.54) is 0 Å². The molecule has 11 heteroatoms. The summed E-state index contributed by atoms with van der Waals surface area (Å²) in [4.78, 5) is 0. The molecule has 0 fully saturated rings. The van der Waals surface area contributed by atoms with Gasteiger partial charge in [0.2, 0.25) is 0 Å². The van der Waals surface area contributed by atoms with Crippen LogP contribution < -0.4 is 28.0 Å². The summed E-state index contributed by atoms with van der Waals surface area (Å²) in [6, 6.07) is 0. The van der Waals surface area contributed by atoms with E-state index in [4.69, 9.17) is 37.3 Å². The predicted molar refractivity (Wildman–Crippen MR) is 4.44 cm³/mol. The minimum atomic E-state index is -4.69. The zero-order valence-corrected chi connectivity index (χ0v) is 6.85. The van der Waals surface area contributed by atoms with Crippen LogP contribution in [-0.4, -0.2) is 9.32 Å². The fraction of sp³-hybridized carbons (Fsp3) is 0. The Bertz CT molecular complexity index is 55.1. The second kappa shape index (κ2) is 6.31. The van der Waals surface area contributed by atoms with Crippen LogP contribution in [0.25, 0.3) is 0 Å². The summed E-state index contributed by atoms with van der Waals surface area (Å²) < 4.78 is 65.4. The van der Waals surface area contributed by atoms with Gasteiger partial charge in [0.05, 0.1) is 29.8 Å². The standard InChI is InChI=1S/2ClHO4.Cu/c2*2-1(3,4)5;/h2*(H,2,3,4,5);. The second-order valence-corrected chi connectivity index (χ2v) is 2.38. The van der Waals surface area contributed by atoms with Gasteiger partial charge in [0.15, 0.2) is 0 Å². The van der Waals surface area contributed by atoms with Crippen molar-refractivity contribution in [1.29, 1.82) is 0 Å². The molecule has 11 heavy (non-hydrogen) atoms. The first-order valence-electron chi connectivity index (χ1n) is 1.26. The quantitative estimate of drug-likeness (QED) is 0.405. The monoisotopic (exact) mass is 263 g/mol. The molecule has 0 bridgehead atoms. The van der Waals surface area contributed by atoms with Gasteiger partial charge in [-0.2, -0.15) is 28.0 Å². The third kappa shape index (κ3) is 1370. The summed E-state index contributed by atoms with van der Waals surface area (Å²) in [5.74, 6) is 0. The van der Waals surface area contributed by atoms with E-state index in [-0.39, 0.29) is 17.1 Å². The normalized spacial score (nSPS) is 10.9. The van der Waals surface area contributed by atoms with Crippen LogP contribution in [0.1, 0.15) is 0 Å². The molecule has 0 aliphatic carbocycles. The van der Waals surface area contributed by atoms with Crippen molar-refractivity contribution in [3.05, 3.63) is 0 Å². The number of hydrogen-bond acceptors (Lipinski definition) is 8. The van der Waals surface area contributed by atoms with Crippen LogP contribution in [0.4, 0.5) is 0 Å². The Morgan fingerprint density at radius 2 is 0.636 bits per heavy atom. The van der Waals surface area contributed by atoms with Crippen molar-refractivity contribution >= 4 is 0 Å². The van der Waals surface area contributed by atoms with Crippen molar-refractivity contribution in [2.75, 3.05) is 0 Å². The Morgan fingerprint density at radius 3 is 0.636 bits per heavy atom. The van der Waals surface area contributed by atoms with Crippen molar-refractivity contribution in [3.63, 3.8) is 0 Å². The largest absolute Gasteiger partial charge is 0.183 e. The molecule has 0 aliphatic rings. The molecule has 75 valence electrons. The van der Waals surface area contributed by atoms with Gasteiger partial charge in [-0.05, 0) is 0 Å². The molecule has 0 heterocycles. The maximum absolute atomic E-state index is 8.60. The van der Waals surface area contributed by atoms with Gasteiger partial charge in [-0.1, -0.05) is 0 Å². The van der Waals surface area contributed by atoms with Crippen molar-refractivity contribution in [1.82, 2.24) is 0 Å². The average Bonchev–Trinajstić information content (AvgIpc) is 1.12. The van der Waals surface area contributed by atoms with Crippen LogP contribution >= 0.6 is 0 Å². The molecule has 0 aromatic carbocycles. The number of rotatable bonds is 0. The molecule has 2 N–H and O–H groups in total. The second-order valence-electron chi connectivity index (χ2n) is 0.792. The van der Waals surface area contributed by atoms with Crippen LogP contribution in [-0.2, 0) is 17.1 Å². The fourth-order valence-electron chi connectivity index (χ4n) is 0. The van der Waals surface area contributed by atoms with E-state index in [1.807, 2.05) is 0 Å². The minimum Gasteiger partial charge on any atom is -0.183 e. The molecule has 0 spiro atoms. The van der Waals surface area contributed by atoms with Gasteiger partial charge in [0.25, 0.3) is 0 Å². The average molecular weight is 264 g/mol. The predicted octanol–water partition coefficient (Wildman–Crippen LogP) is -8.25. The minimum absolute atomic E-state index is 0. The van der Waals surface area contributed by atoms with Gasteiger partial charge in [0, 0.05) is 17.1 Å². The molecule has 0 amide bonds. The van der Waals surface area contributed by atoms with E-state index in [2.05, 4.69) is 0 Å². The zero-order valence-electron chi connectivity index (χ0n) is 4.40. The van der Waals surface area contributed by atoms with E-state index < -0.39 is 20.5 Å². The Morgan fingerprint density at radius 1 is 0.636 bits per heavy atom. The Hall–Kier alpha value is 0.779. The molecule has 0 aromatic heterocycles. The molecular weight excluding hydrogens is 262 g/mol. The van der Waals surface area contributed by atoms with E-state index in [9.17, 15) is 0 Å². The van der Waals surface area contributed by atoms with E-state index in [0.717, 1.165) is 0 Å². The van der Waals surface area contributed by atoms with E-state index in [0.29, 0.717) is 0 Å². The zero-order chi connectivity index (χ0) is 9.00. The van der Waals surface area contributed by atoms with Crippen LogP contribution in [0.2, 0.25) is 0 Å². The number of halogens is 2. The van der Waals surface area contributed by atoms with Gasteiger partial charge < -0.3 is 0 Å². The Kier molecular flexibility index (Phi) is 10.2. The molecule has 0 rings (SSSR count).